The molecule has 262 valence electrons. The molecular formula is C51H31N3OS. The van der Waals surface area contributed by atoms with E-state index in [1.807, 2.05) is 59.9 Å². The van der Waals surface area contributed by atoms with Crippen LogP contribution in [-0.4, -0.2) is 15.0 Å². The molecule has 0 atom stereocenters. The van der Waals surface area contributed by atoms with E-state index in [-0.39, 0.29) is 0 Å². The summed E-state index contributed by atoms with van der Waals surface area (Å²) in [6.07, 6.45) is 0. The lowest BCUT2D eigenvalue weighted by Crippen LogP contribution is -2.00. The third-order valence-electron chi connectivity index (χ3n) is 10.5. The number of para-hydroxylation sites is 1. The zero-order valence-electron chi connectivity index (χ0n) is 30.1. The van der Waals surface area contributed by atoms with Crippen LogP contribution >= 0.6 is 11.3 Å². The van der Waals surface area contributed by atoms with Crippen LogP contribution in [0.1, 0.15) is 0 Å². The van der Waals surface area contributed by atoms with Gasteiger partial charge in [0, 0.05) is 53.2 Å². The molecule has 0 fully saturated rings. The molecule has 0 aliphatic carbocycles. The van der Waals surface area contributed by atoms with Gasteiger partial charge in [-0.1, -0.05) is 158 Å². The first kappa shape index (κ1) is 32.2. The Labute approximate surface area is 327 Å². The highest BCUT2D eigenvalue weighted by atomic mass is 32.1. The van der Waals surface area contributed by atoms with Crippen LogP contribution in [0.2, 0.25) is 0 Å². The molecule has 0 N–H and O–H groups in total. The predicted molar refractivity (Wildman–Crippen MR) is 233 cm³/mol. The van der Waals surface area contributed by atoms with E-state index < -0.39 is 0 Å². The summed E-state index contributed by atoms with van der Waals surface area (Å²) in [5.74, 6) is 1.82. The van der Waals surface area contributed by atoms with Crippen LogP contribution in [0.25, 0.3) is 110 Å². The molecular weight excluding hydrogens is 703 g/mol. The third-order valence-corrected chi connectivity index (χ3v) is 11.7. The van der Waals surface area contributed by atoms with Crippen molar-refractivity contribution in [2.75, 3.05) is 0 Å². The molecule has 3 aromatic heterocycles. The zero-order chi connectivity index (χ0) is 37.0. The van der Waals surface area contributed by atoms with Gasteiger partial charge in [-0.05, 0) is 58.1 Å². The van der Waals surface area contributed by atoms with Gasteiger partial charge < -0.3 is 4.42 Å². The second-order valence-corrected chi connectivity index (χ2v) is 15.0. The Balaban J connectivity index is 1.12. The van der Waals surface area contributed by atoms with Crippen molar-refractivity contribution in [1.29, 1.82) is 0 Å². The molecule has 0 aliphatic heterocycles. The lowest BCUT2D eigenvalue weighted by molar-refractivity contribution is 0.670. The van der Waals surface area contributed by atoms with Gasteiger partial charge in [-0.25, -0.2) is 15.0 Å². The Bertz CT molecular complexity index is 3240. The predicted octanol–water partition coefficient (Wildman–Crippen LogP) is 14.1. The van der Waals surface area contributed by atoms with Crippen molar-refractivity contribution in [2.45, 2.75) is 0 Å². The molecule has 8 aromatic carbocycles. The number of hydrogen-bond donors (Lipinski definition) is 0. The van der Waals surface area contributed by atoms with Crippen molar-refractivity contribution in [3.8, 4) is 67.5 Å². The van der Waals surface area contributed by atoms with Crippen LogP contribution in [0.5, 0.6) is 0 Å². The fourth-order valence-electron chi connectivity index (χ4n) is 7.93. The van der Waals surface area contributed by atoms with E-state index in [4.69, 9.17) is 19.4 Å². The monoisotopic (exact) mass is 733 g/mol. The van der Waals surface area contributed by atoms with Crippen molar-refractivity contribution in [1.82, 2.24) is 15.0 Å². The fraction of sp³-hybridized carbons (Fsp3) is 0. The SMILES string of the molecule is c1ccc(-c2cccc(-c3nc(-c4ccccc4)nc(-c4cccc5oc6c(-c7cc(-c8ccccc8)c8c(c7)sc7ccccc78)cccc6c45)n3)c2)cc1. The number of aromatic nitrogens is 3. The number of furan rings is 1. The van der Waals surface area contributed by atoms with E-state index in [1.165, 1.54) is 31.3 Å². The molecule has 4 nitrogen and oxygen atoms in total. The van der Waals surface area contributed by atoms with Crippen molar-refractivity contribution >= 4 is 53.4 Å². The molecule has 0 radical (unpaired) electrons. The normalized spacial score (nSPS) is 11.6. The lowest BCUT2D eigenvalue weighted by atomic mass is 9.93. The van der Waals surface area contributed by atoms with E-state index in [0.717, 1.165) is 60.9 Å². The van der Waals surface area contributed by atoms with Gasteiger partial charge in [-0.2, -0.15) is 0 Å². The number of benzene rings is 8. The maximum atomic E-state index is 6.84. The Morgan fingerprint density at radius 1 is 0.339 bits per heavy atom. The molecule has 0 bridgehead atoms. The summed E-state index contributed by atoms with van der Waals surface area (Å²) >= 11 is 1.83. The van der Waals surface area contributed by atoms with Gasteiger partial charge in [0.2, 0.25) is 0 Å². The molecule has 3 heterocycles. The van der Waals surface area contributed by atoms with Crippen LogP contribution in [0, 0.1) is 0 Å². The van der Waals surface area contributed by atoms with Gasteiger partial charge in [0.25, 0.3) is 0 Å². The molecule has 56 heavy (non-hydrogen) atoms. The Morgan fingerprint density at radius 3 is 1.73 bits per heavy atom. The average Bonchev–Trinajstić information content (AvgIpc) is 3.86. The number of nitrogens with zero attached hydrogens (tertiary/aromatic N) is 3. The Morgan fingerprint density at radius 2 is 0.929 bits per heavy atom. The topological polar surface area (TPSA) is 51.8 Å². The van der Waals surface area contributed by atoms with Crippen LogP contribution in [0.15, 0.2) is 192 Å². The summed E-state index contributed by atoms with van der Waals surface area (Å²) < 4.78 is 9.37. The minimum absolute atomic E-state index is 0.593. The fourth-order valence-corrected chi connectivity index (χ4v) is 9.10. The first-order valence-electron chi connectivity index (χ1n) is 18.7. The second kappa shape index (κ2) is 13.3. The molecule has 0 saturated carbocycles. The standard InChI is InChI=1S/C51H31N3OS/c1-4-15-32(16-5-1)35-21-12-22-36(29-35)50-52-49(34-19-8-3-9-20-34)53-51(54-50)41-26-14-27-43-46(41)40-25-13-24-38(48(40)55-43)37-30-42(33-17-6-2-7-18-33)47-39-23-10-11-28-44(39)56-45(47)31-37/h1-31H. The van der Waals surface area contributed by atoms with Crippen LogP contribution in [0.4, 0.5) is 0 Å². The maximum absolute atomic E-state index is 6.84. The molecule has 0 spiro atoms. The summed E-state index contributed by atoms with van der Waals surface area (Å²) in [6, 6.07) is 65.6. The molecule has 0 amide bonds. The van der Waals surface area contributed by atoms with Gasteiger partial charge >= 0.3 is 0 Å². The van der Waals surface area contributed by atoms with E-state index >= 15 is 0 Å². The molecule has 0 unspecified atom stereocenters. The van der Waals surface area contributed by atoms with Crippen molar-refractivity contribution in [3.63, 3.8) is 0 Å². The molecule has 11 aromatic rings. The average molecular weight is 734 g/mol. The summed E-state index contributed by atoms with van der Waals surface area (Å²) in [4.78, 5) is 15.4. The number of hydrogen-bond acceptors (Lipinski definition) is 5. The smallest absolute Gasteiger partial charge is 0.164 e. The summed E-state index contributed by atoms with van der Waals surface area (Å²) in [7, 11) is 0. The highest BCUT2D eigenvalue weighted by Gasteiger charge is 2.21. The summed E-state index contributed by atoms with van der Waals surface area (Å²) in [5.41, 5.74) is 11.2. The number of thiophene rings is 1. The third kappa shape index (κ3) is 5.48. The largest absolute Gasteiger partial charge is 0.455 e. The van der Waals surface area contributed by atoms with Crippen LogP contribution in [-0.2, 0) is 0 Å². The zero-order valence-corrected chi connectivity index (χ0v) is 30.9. The highest BCUT2D eigenvalue weighted by Crippen LogP contribution is 2.45. The Kier molecular flexibility index (Phi) is 7.64. The van der Waals surface area contributed by atoms with Crippen LogP contribution < -0.4 is 0 Å². The number of fused-ring (bicyclic) bond motifs is 6. The quantitative estimate of drug-likeness (QED) is 0.171. The molecule has 11 rings (SSSR count). The molecule has 0 aliphatic rings. The highest BCUT2D eigenvalue weighted by molar-refractivity contribution is 7.26. The molecule has 5 heteroatoms. The van der Waals surface area contributed by atoms with Gasteiger partial charge in [0.15, 0.2) is 17.5 Å². The van der Waals surface area contributed by atoms with E-state index in [0.29, 0.717) is 17.5 Å². The van der Waals surface area contributed by atoms with Crippen molar-refractivity contribution in [2.24, 2.45) is 0 Å². The first-order chi connectivity index (χ1) is 27.7. The van der Waals surface area contributed by atoms with E-state index in [9.17, 15) is 0 Å². The van der Waals surface area contributed by atoms with E-state index in [1.54, 1.807) is 0 Å². The maximum Gasteiger partial charge on any atom is 0.164 e. The Hall–Kier alpha value is -7.21. The minimum Gasteiger partial charge on any atom is -0.455 e. The summed E-state index contributed by atoms with van der Waals surface area (Å²) in [6.45, 7) is 0. The molecule has 0 saturated heterocycles. The minimum atomic E-state index is 0.593. The summed E-state index contributed by atoms with van der Waals surface area (Å²) in [5, 5.41) is 4.56. The first-order valence-corrected chi connectivity index (χ1v) is 19.5. The van der Waals surface area contributed by atoms with E-state index in [2.05, 4.69) is 140 Å². The number of rotatable bonds is 6. The van der Waals surface area contributed by atoms with Gasteiger partial charge in [0.05, 0.1) is 0 Å². The lowest BCUT2D eigenvalue weighted by Gasteiger charge is -2.11. The van der Waals surface area contributed by atoms with Crippen molar-refractivity contribution in [3.05, 3.63) is 188 Å². The van der Waals surface area contributed by atoms with Crippen molar-refractivity contribution < 1.29 is 4.42 Å². The van der Waals surface area contributed by atoms with Gasteiger partial charge in [-0.3, -0.25) is 0 Å². The second-order valence-electron chi connectivity index (χ2n) is 13.9. The van der Waals surface area contributed by atoms with Gasteiger partial charge in [-0.15, -0.1) is 11.3 Å². The van der Waals surface area contributed by atoms with Crippen LogP contribution in [0.3, 0.4) is 0 Å². The van der Waals surface area contributed by atoms with Gasteiger partial charge in [0.1, 0.15) is 11.2 Å².